The zero-order chi connectivity index (χ0) is 16.1. The number of benzene rings is 2. The van der Waals surface area contributed by atoms with E-state index in [4.69, 9.17) is 0 Å². The minimum atomic E-state index is -0.243. The van der Waals surface area contributed by atoms with E-state index in [1.807, 2.05) is 61.5 Å². The van der Waals surface area contributed by atoms with E-state index in [1.165, 1.54) is 18.0 Å². The van der Waals surface area contributed by atoms with Crippen molar-refractivity contribution in [2.24, 2.45) is 0 Å². The van der Waals surface area contributed by atoms with Crippen LogP contribution in [0.5, 0.6) is 0 Å². The summed E-state index contributed by atoms with van der Waals surface area (Å²) in [6, 6.07) is 17.8. The number of nitrogens with zero attached hydrogens (tertiary/aromatic N) is 2. The van der Waals surface area contributed by atoms with Crippen molar-refractivity contribution in [1.82, 2.24) is 15.3 Å². The average Bonchev–Trinajstić information content (AvgIpc) is 2.62. The molecule has 0 saturated heterocycles. The van der Waals surface area contributed by atoms with Gasteiger partial charge in [0, 0.05) is 12.4 Å². The average molecular weight is 303 g/mol. The minimum Gasteiger partial charge on any atom is -0.340 e. The summed E-state index contributed by atoms with van der Waals surface area (Å²) in [5, 5.41) is 3.04. The van der Waals surface area contributed by atoms with Crippen molar-refractivity contribution in [3.63, 3.8) is 0 Å². The van der Waals surface area contributed by atoms with Crippen LogP contribution in [0.2, 0.25) is 0 Å². The van der Waals surface area contributed by atoms with Crippen molar-refractivity contribution in [2.45, 2.75) is 13.0 Å². The number of carbonyl (C=O) groups is 1. The molecule has 114 valence electrons. The highest BCUT2D eigenvalue weighted by Crippen LogP contribution is 2.22. The number of amides is 1. The summed E-state index contributed by atoms with van der Waals surface area (Å²) in [5.41, 5.74) is 3.54. The molecule has 1 heterocycles. The monoisotopic (exact) mass is 303 g/mol. The molecule has 0 aliphatic heterocycles. The lowest BCUT2D eigenvalue weighted by Gasteiger charge is -2.20. The summed E-state index contributed by atoms with van der Waals surface area (Å²) in [6.07, 6.45) is 4.52. The highest BCUT2D eigenvalue weighted by atomic mass is 16.1. The number of hydrogen-bond acceptors (Lipinski definition) is 3. The molecule has 1 N–H and O–H groups in total. The van der Waals surface area contributed by atoms with Gasteiger partial charge in [0.15, 0.2) is 0 Å². The second-order valence-corrected chi connectivity index (χ2v) is 5.32. The van der Waals surface area contributed by atoms with Crippen LogP contribution in [0.25, 0.3) is 0 Å². The summed E-state index contributed by atoms with van der Waals surface area (Å²) in [5.74, 6) is -0.243. The number of hydrogen-bond donors (Lipinski definition) is 1. The van der Waals surface area contributed by atoms with E-state index in [2.05, 4.69) is 15.3 Å². The van der Waals surface area contributed by atoms with E-state index in [0.717, 1.165) is 11.1 Å². The Morgan fingerprint density at radius 3 is 2.30 bits per heavy atom. The summed E-state index contributed by atoms with van der Waals surface area (Å²) in [4.78, 5) is 20.5. The Hall–Kier alpha value is -3.01. The maximum absolute atomic E-state index is 12.5. The summed E-state index contributed by atoms with van der Waals surface area (Å²) < 4.78 is 0. The Morgan fingerprint density at radius 2 is 1.65 bits per heavy atom. The minimum absolute atomic E-state index is 0.230. The van der Waals surface area contributed by atoms with Gasteiger partial charge >= 0.3 is 0 Å². The maximum atomic E-state index is 12.5. The standard InChI is InChI=1S/C19H17N3O/c1-14-7-9-16(10-8-14)18(15-5-3-2-4-6-15)22-19(23)17-13-20-11-12-21-17/h2-13,18H,1H3,(H,22,23)/t18-/m0/s1. The van der Waals surface area contributed by atoms with Gasteiger partial charge in [-0.05, 0) is 18.1 Å². The Labute approximate surface area is 135 Å². The zero-order valence-electron chi connectivity index (χ0n) is 12.8. The summed E-state index contributed by atoms with van der Waals surface area (Å²) in [6.45, 7) is 2.04. The van der Waals surface area contributed by atoms with Crippen LogP contribution in [0.15, 0.2) is 73.2 Å². The molecule has 0 aliphatic carbocycles. The first-order valence-electron chi connectivity index (χ1n) is 7.42. The van der Waals surface area contributed by atoms with Gasteiger partial charge in [-0.1, -0.05) is 60.2 Å². The van der Waals surface area contributed by atoms with Crippen LogP contribution < -0.4 is 5.32 Å². The van der Waals surface area contributed by atoms with Crippen LogP contribution >= 0.6 is 0 Å². The number of nitrogens with one attached hydrogen (secondary N) is 1. The molecule has 4 nitrogen and oxygen atoms in total. The van der Waals surface area contributed by atoms with Crippen molar-refractivity contribution in [3.8, 4) is 0 Å². The van der Waals surface area contributed by atoms with Gasteiger partial charge in [-0.3, -0.25) is 9.78 Å². The molecule has 2 aromatic carbocycles. The van der Waals surface area contributed by atoms with Crippen molar-refractivity contribution in [1.29, 1.82) is 0 Å². The Balaban J connectivity index is 1.93. The fourth-order valence-electron chi connectivity index (χ4n) is 2.38. The molecule has 3 rings (SSSR count). The molecule has 0 fully saturated rings. The predicted molar refractivity (Wildman–Crippen MR) is 89.0 cm³/mol. The number of aromatic nitrogens is 2. The van der Waals surface area contributed by atoms with Gasteiger partial charge < -0.3 is 5.32 Å². The van der Waals surface area contributed by atoms with Crippen LogP contribution in [0.4, 0.5) is 0 Å². The molecule has 3 aromatic rings. The molecule has 0 bridgehead atoms. The van der Waals surface area contributed by atoms with E-state index in [0.29, 0.717) is 5.69 Å². The fraction of sp³-hybridized carbons (Fsp3) is 0.105. The van der Waals surface area contributed by atoms with E-state index in [-0.39, 0.29) is 11.9 Å². The second-order valence-electron chi connectivity index (χ2n) is 5.32. The molecular formula is C19H17N3O. The lowest BCUT2D eigenvalue weighted by Crippen LogP contribution is -2.30. The van der Waals surface area contributed by atoms with Crippen molar-refractivity contribution in [2.75, 3.05) is 0 Å². The van der Waals surface area contributed by atoms with E-state index in [1.54, 1.807) is 6.20 Å². The summed E-state index contributed by atoms with van der Waals surface area (Å²) in [7, 11) is 0. The van der Waals surface area contributed by atoms with Crippen LogP contribution in [0.3, 0.4) is 0 Å². The Bertz CT molecular complexity index is 771. The van der Waals surface area contributed by atoms with E-state index in [9.17, 15) is 4.79 Å². The van der Waals surface area contributed by atoms with E-state index < -0.39 is 0 Å². The van der Waals surface area contributed by atoms with Crippen molar-refractivity contribution in [3.05, 3.63) is 95.6 Å². The zero-order valence-corrected chi connectivity index (χ0v) is 12.8. The molecule has 0 unspecified atom stereocenters. The smallest absolute Gasteiger partial charge is 0.272 e. The molecule has 0 radical (unpaired) electrons. The second kappa shape index (κ2) is 6.83. The third-order valence-corrected chi connectivity index (χ3v) is 3.61. The number of carbonyl (C=O) groups excluding carboxylic acids is 1. The van der Waals surface area contributed by atoms with Gasteiger partial charge in [0.05, 0.1) is 12.2 Å². The number of rotatable bonds is 4. The molecule has 1 amide bonds. The highest BCUT2D eigenvalue weighted by Gasteiger charge is 2.18. The third-order valence-electron chi connectivity index (χ3n) is 3.61. The first kappa shape index (κ1) is 14.9. The molecule has 4 heteroatoms. The molecular weight excluding hydrogens is 286 g/mol. The van der Waals surface area contributed by atoms with Crippen LogP contribution in [0, 0.1) is 6.92 Å². The molecule has 1 atom stereocenters. The largest absolute Gasteiger partial charge is 0.340 e. The quantitative estimate of drug-likeness (QED) is 0.804. The normalized spacial score (nSPS) is 11.7. The number of aryl methyl sites for hydroxylation is 1. The maximum Gasteiger partial charge on any atom is 0.272 e. The first-order valence-corrected chi connectivity index (χ1v) is 7.42. The molecule has 0 spiro atoms. The van der Waals surface area contributed by atoms with Gasteiger partial charge in [0.25, 0.3) is 5.91 Å². The van der Waals surface area contributed by atoms with Gasteiger partial charge in [-0.15, -0.1) is 0 Å². The van der Waals surface area contributed by atoms with Crippen LogP contribution in [-0.4, -0.2) is 15.9 Å². The van der Waals surface area contributed by atoms with E-state index >= 15 is 0 Å². The third kappa shape index (κ3) is 3.61. The molecule has 0 saturated carbocycles. The molecule has 23 heavy (non-hydrogen) atoms. The first-order chi connectivity index (χ1) is 11.2. The van der Waals surface area contributed by atoms with Gasteiger partial charge in [-0.25, -0.2) is 4.98 Å². The fourth-order valence-corrected chi connectivity index (χ4v) is 2.38. The topological polar surface area (TPSA) is 54.9 Å². The van der Waals surface area contributed by atoms with Gasteiger partial charge in [0.2, 0.25) is 0 Å². The SMILES string of the molecule is Cc1ccc([C@@H](NC(=O)c2cnccn2)c2ccccc2)cc1. The van der Waals surface area contributed by atoms with Crippen molar-refractivity contribution >= 4 is 5.91 Å². The lowest BCUT2D eigenvalue weighted by atomic mass is 9.97. The lowest BCUT2D eigenvalue weighted by molar-refractivity contribution is 0.0937. The van der Waals surface area contributed by atoms with Gasteiger partial charge in [0.1, 0.15) is 5.69 Å². The highest BCUT2D eigenvalue weighted by molar-refractivity contribution is 5.92. The Kier molecular flexibility index (Phi) is 4.43. The van der Waals surface area contributed by atoms with Crippen LogP contribution in [-0.2, 0) is 0 Å². The van der Waals surface area contributed by atoms with Gasteiger partial charge in [-0.2, -0.15) is 0 Å². The van der Waals surface area contributed by atoms with Crippen molar-refractivity contribution < 1.29 is 4.79 Å². The molecule has 1 aromatic heterocycles. The predicted octanol–water partition coefficient (Wildman–Crippen LogP) is 3.30. The van der Waals surface area contributed by atoms with Crippen LogP contribution in [0.1, 0.15) is 33.2 Å². The summed E-state index contributed by atoms with van der Waals surface area (Å²) >= 11 is 0. The molecule has 0 aliphatic rings. The Morgan fingerprint density at radius 1 is 0.957 bits per heavy atom.